The molecular formula is C16H25N3O. The second-order valence-electron chi connectivity index (χ2n) is 5.81. The molecule has 2 aliphatic heterocycles. The number of hydrogen-bond acceptors (Lipinski definition) is 4. The van der Waals surface area contributed by atoms with Crippen molar-refractivity contribution >= 4 is 0 Å². The normalized spacial score (nSPS) is 21.6. The summed E-state index contributed by atoms with van der Waals surface area (Å²) in [6, 6.07) is 9.01. The number of nitrogens with zero attached hydrogens (tertiary/aromatic N) is 2. The highest BCUT2D eigenvalue weighted by atomic mass is 16.5. The zero-order chi connectivity index (χ0) is 13.8. The van der Waals surface area contributed by atoms with Gasteiger partial charge in [-0.05, 0) is 18.6 Å². The fraction of sp³-hybridized carbons (Fsp3) is 0.625. The molecule has 1 N–H and O–H groups in total. The molecule has 0 atom stereocenters. The topological polar surface area (TPSA) is 27.7 Å². The Bertz CT molecular complexity index is 425. The van der Waals surface area contributed by atoms with E-state index in [0.717, 1.165) is 38.0 Å². The van der Waals surface area contributed by atoms with Crippen LogP contribution in [-0.4, -0.2) is 68.3 Å². The SMILES string of the molecule is Cc1ccccc1OCCN1CC(N2CCNCC2)C1. The van der Waals surface area contributed by atoms with Crippen LogP contribution in [-0.2, 0) is 0 Å². The number of ether oxygens (including phenoxy) is 1. The summed E-state index contributed by atoms with van der Waals surface area (Å²) in [5, 5.41) is 3.41. The Balaban J connectivity index is 1.34. The highest BCUT2D eigenvalue weighted by Crippen LogP contribution is 2.18. The van der Waals surface area contributed by atoms with Gasteiger partial charge < -0.3 is 10.1 Å². The molecule has 4 nitrogen and oxygen atoms in total. The lowest BCUT2D eigenvalue weighted by atomic mass is 10.1. The first-order valence-electron chi connectivity index (χ1n) is 7.68. The second-order valence-corrected chi connectivity index (χ2v) is 5.81. The molecule has 2 fully saturated rings. The molecule has 110 valence electrons. The van der Waals surface area contributed by atoms with Crippen LogP contribution >= 0.6 is 0 Å². The summed E-state index contributed by atoms with van der Waals surface area (Å²) in [7, 11) is 0. The summed E-state index contributed by atoms with van der Waals surface area (Å²) >= 11 is 0. The standard InChI is InChI=1S/C16H25N3O/c1-14-4-2-3-5-16(14)20-11-10-18-12-15(13-18)19-8-6-17-7-9-19/h2-5,15,17H,6-13H2,1H3. The van der Waals surface area contributed by atoms with Gasteiger partial charge in [0.05, 0.1) is 0 Å². The maximum Gasteiger partial charge on any atom is 0.122 e. The van der Waals surface area contributed by atoms with Crippen molar-refractivity contribution in [3.63, 3.8) is 0 Å². The molecule has 1 aromatic rings. The van der Waals surface area contributed by atoms with Crippen molar-refractivity contribution in [2.75, 3.05) is 52.4 Å². The van der Waals surface area contributed by atoms with E-state index in [9.17, 15) is 0 Å². The number of piperazine rings is 1. The van der Waals surface area contributed by atoms with E-state index in [1.807, 2.05) is 6.07 Å². The maximum absolute atomic E-state index is 5.86. The minimum atomic E-state index is 0.774. The molecule has 1 aromatic carbocycles. The van der Waals surface area contributed by atoms with Crippen molar-refractivity contribution in [1.29, 1.82) is 0 Å². The first kappa shape index (κ1) is 13.9. The van der Waals surface area contributed by atoms with Gasteiger partial charge in [-0.15, -0.1) is 0 Å². The van der Waals surface area contributed by atoms with Gasteiger partial charge in [0.15, 0.2) is 0 Å². The van der Waals surface area contributed by atoms with Gasteiger partial charge in [-0.3, -0.25) is 9.80 Å². The van der Waals surface area contributed by atoms with Crippen LogP contribution in [0, 0.1) is 6.92 Å². The van der Waals surface area contributed by atoms with Crippen LogP contribution < -0.4 is 10.1 Å². The average molecular weight is 275 g/mol. The average Bonchev–Trinajstić information content (AvgIpc) is 2.44. The predicted molar refractivity (Wildman–Crippen MR) is 81.3 cm³/mol. The van der Waals surface area contributed by atoms with Gasteiger partial charge in [-0.2, -0.15) is 0 Å². The summed E-state index contributed by atoms with van der Waals surface area (Å²) in [5.74, 6) is 1.02. The van der Waals surface area contributed by atoms with E-state index in [1.54, 1.807) is 0 Å². The van der Waals surface area contributed by atoms with E-state index in [1.165, 1.54) is 31.7 Å². The molecule has 2 aliphatic rings. The van der Waals surface area contributed by atoms with Gasteiger partial charge in [0.2, 0.25) is 0 Å². The molecule has 0 unspecified atom stereocenters. The monoisotopic (exact) mass is 275 g/mol. The summed E-state index contributed by atoms with van der Waals surface area (Å²) in [5.41, 5.74) is 1.22. The van der Waals surface area contributed by atoms with Crippen molar-refractivity contribution in [2.24, 2.45) is 0 Å². The first-order chi connectivity index (χ1) is 9.83. The third-order valence-electron chi connectivity index (χ3n) is 4.36. The van der Waals surface area contributed by atoms with Gasteiger partial charge >= 0.3 is 0 Å². The Labute approximate surface area is 121 Å². The quantitative estimate of drug-likeness (QED) is 0.866. The van der Waals surface area contributed by atoms with Crippen molar-refractivity contribution in [2.45, 2.75) is 13.0 Å². The summed E-state index contributed by atoms with van der Waals surface area (Å²) in [6.07, 6.45) is 0. The number of para-hydroxylation sites is 1. The van der Waals surface area contributed by atoms with Gasteiger partial charge in [0, 0.05) is 51.9 Å². The zero-order valence-electron chi connectivity index (χ0n) is 12.3. The van der Waals surface area contributed by atoms with Crippen molar-refractivity contribution < 1.29 is 4.74 Å². The van der Waals surface area contributed by atoms with Crippen LogP contribution in [0.5, 0.6) is 5.75 Å². The molecule has 0 aliphatic carbocycles. The minimum absolute atomic E-state index is 0.774. The van der Waals surface area contributed by atoms with E-state index < -0.39 is 0 Å². The van der Waals surface area contributed by atoms with Crippen LogP contribution in [0.2, 0.25) is 0 Å². The molecule has 0 spiro atoms. The Morgan fingerprint density at radius 3 is 2.70 bits per heavy atom. The molecule has 0 saturated carbocycles. The van der Waals surface area contributed by atoms with Gasteiger partial charge in [0.1, 0.15) is 12.4 Å². The number of hydrogen-bond donors (Lipinski definition) is 1. The number of nitrogens with one attached hydrogen (secondary N) is 1. The molecule has 0 amide bonds. The Morgan fingerprint density at radius 2 is 1.95 bits per heavy atom. The molecule has 0 radical (unpaired) electrons. The van der Waals surface area contributed by atoms with Gasteiger partial charge in [-0.1, -0.05) is 18.2 Å². The Hall–Kier alpha value is -1.10. The number of rotatable bonds is 5. The molecule has 20 heavy (non-hydrogen) atoms. The van der Waals surface area contributed by atoms with Crippen LogP contribution in [0.4, 0.5) is 0 Å². The maximum atomic E-state index is 5.86. The van der Waals surface area contributed by atoms with Crippen LogP contribution in [0.1, 0.15) is 5.56 Å². The fourth-order valence-electron chi connectivity index (χ4n) is 3.01. The molecule has 0 aromatic heterocycles. The first-order valence-corrected chi connectivity index (χ1v) is 7.68. The predicted octanol–water partition coefficient (Wildman–Crippen LogP) is 0.963. The summed E-state index contributed by atoms with van der Waals surface area (Å²) in [4.78, 5) is 5.11. The van der Waals surface area contributed by atoms with E-state index in [-0.39, 0.29) is 0 Å². The Morgan fingerprint density at radius 1 is 1.20 bits per heavy atom. The molecule has 4 heteroatoms. The molecular weight excluding hydrogens is 250 g/mol. The van der Waals surface area contributed by atoms with E-state index in [2.05, 4.69) is 40.2 Å². The van der Waals surface area contributed by atoms with Crippen molar-refractivity contribution in [3.05, 3.63) is 29.8 Å². The lowest BCUT2D eigenvalue weighted by molar-refractivity contribution is 0.0202. The summed E-state index contributed by atoms with van der Waals surface area (Å²) < 4.78 is 5.86. The van der Waals surface area contributed by atoms with Gasteiger partial charge in [0.25, 0.3) is 0 Å². The lowest BCUT2D eigenvalue weighted by Crippen LogP contribution is -2.63. The third-order valence-corrected chi connectivity index (χ3v) is 4.36. The number of likely N-dealkylation sites (tertiary alicyclic amines) is 1. The van der Waals surface area contributed by atoms with Crippen LogP contribution in [0.3, 0.4) is 0 Å². The molecule has 2 saturated heterocycles. The fourth-order valence-corrected chi connectivity index (χ4v) is 3.01. The van der Waals surface area contributed by atoms with Crippen LogP contribution in [0.15, 0.2) is 24.3 Å². The largest absolute Gasteiger partial charge is 0.492 e. The zero-order valence-corrected chi connectivity index (χ0v) is 12.3. The number of aryl methyl sites for hydroxylation is 1. The van der Waals surface area contributed by atoms with Gasteiger partial charge in [-0.25, -0.2) is 0 Å². The number of benzene rings is 1. The van der Waals surface area contributed by atoms with E-state index >= 15 is 0 Å². The lowest BCUT2D eigenvalue weighted by Gasteiger charge is -2.46. The third kappa shape index (κ3) is 3.32. The minimum Gasteiger partial charge on any atom is -0.492 e. The smallest absolute Gasteiger partial charge is 0.122 e. The molecule has 0 bridgehead atoms. The van der Waals surface area contributed by atoms with Crippen molar-refractivity contribution in [1.82, 2.24) is 15.1 Å². The van der Waals surface area contributed by atoms with E-state index in [4.69, 9.17) is 4.74 Å². The van der Waals surface area contributed by atoms with Crippen molar-refractivity contribution in [3.8, 4) is 5.75 Å². The summed E-state index contributed by atoms with van der Waals surface area (Å²) in [6.45, 7) is 11.0. The van der Waals surface area contributed by atoms with E-state index in [0.29, 0.717) is 0 Å². The molecule has 3 rings (SSSR count). The van der Waals surface area contributed by atoms with Crippen LogP contribution in [0.25, 0.3) is 0 Å². The Kier molecular flexibility index (Phi) is 4.55. The molecule has 2 heterocycles. The second kappa shape index (κ2) is 6.57. The highest BCUT2D eigenvalue weighted by molar-refractivity contribution is 5.31. The highest BCUT2D eigenvalue weighted by Gasteiger charge is 2.31.